The van der Waals surface area contributed by atoms with Crippen LogP contribution in [0.2, 0.25) is 0 Å². The molecule has 0 aromatic heterocycles. The van der Waals surface area contributed by atoms with Gasteiger partial charge in [0.2, 0.25) is 0 Å². The van der Waals surface area contributed by atoms with Gasteiger partial charge in [-0.05, 0) is 12.1 Å². The van der Waals surface area contributed by atoms with Gasteiger partial charge in [0.25, 0.3) is 0 Å². The van der Waals surface area contributed by atoms with E-state index in [4.69, 9.17) is 5.26 Å². The molecule has 32 heavy (non-hydrogen) atoms. The minimum absolute atomic E-state index is 0.165. The zero-order valence-electron chi connectivity index (χ0n) is 17.7. The number of hydrogen-bond donors (Lipinski definition) is 2. The Morgan fingerprint density at radius 3 is 2.53 bits per heavy atom. The van der Waals surface area contributed by atoms with E-state index in [1.54, 1.807) is 24.3 Å². The average molecular weight is 528 g/mol. The van der Waals surface area contributed by atoms with Gasteiger partial charge in [0.05, 0.1) is 11.6 Å². The van der Waals surface area contributed by atoms with E-state index >= 15 is 0 Å². The summed E-state index contributed by atoms with van der Waals surface area (Å²) in [6.45, 7) is 2.28. The Morgan fingerprint density at radius 2 is 1.84 bits per heavy atom. The van der Waals surface area contributed by atoms with E-state index in [2.05, 4.69) is 24.6 Å². The van der Waals surface area contributed by atoms with Crippen molar-refractivity contribution in [3.8, 4) is 6.07 Å². The predicted molar refractivity (Wildman–Crippen MR) is 126 cm³/mol. The van der Waals surface area contributed by atoms with E-state index in [1.165, 1.54) is 6.42 Å². The van der Waals surface area contributed by atoms with E-state index in [9.17, 15) is 9.59 Å². The van der Waals surface area contributed by atoms with Crippen LogP contribution in [0.25, 0.3) is 0 Å². The number of hydrogen-bond acceptors (Lipinski definition) is 5. The summed E-state index contributed by atoms with van der Waals surface area (Å²) >= 11 is -1.06. The SMILES string of the molecule is N#Cc1ccc(NC(=O)c2ccc(N3CCCCC3)c(CNC(=O)C3=[N][In][CH]=C3)c2)cc1. The molecule has 2 N–H and O–H groups in total. The van der Waals surface area contributed by atoms with Crippen LogP contribution in [-0.2, 0) is 11.3 Å². The smallest absolute Gasteiger partial charge is 0.0423 e. The van der Waals surface area contributed by atoms with Crippen molar-refractivity contribution in [2.45, 2.75) is 25.8 Å². The van der Waals surface area contributed by atoms with Gasteiger partial charge < -0.3 is 0 Å². The third-order valence-corrected chi connectivity index (χ3v) is 7.80. The Balaban J connectivity index is 1.53. The van der Waals surface area contributed by atoms with Gasteiger partial charge in [-0.2, -0.15) is 5.26 Å². The molecule has 0 spiro atoms. The quantitative estimate of drug-likeness (QED) is 0.603. The number of nitrogens with zero attached hydrogens (tertiary/aromatic N) is 3. The van der Waals surface area contributed by atoms with Crippen molar-refractivity contribution in [3.05, 3.63) is 69.1 Å². The van der Waals surface area contributed by atoms with Crippen molar-refractivity contribution in [1.29, 1.82) is 5.26 Å². The third kappa shape index (κ3) is 5.40. The molecular weight excluding hydrogens is 505 g/mol. The number of benzene rings is 2. The van der Waals surface area contributed by atoms with E-state index in [1.807, 2.05) is 28.1 Å². The molecule has 7 nitrogen and oxygen atoms in total. The Labute approximate surface area is 199 Å². The molecule has 159 valence electrons. The molecule has 0 unspecified atom stereocenters. The molecule has 0 atom stereocenters. The van der Waals surface area contributed by atoms with Gasteiger partial charge in [-0.15, -0.1) is 0 Å². The van der Waals surface area contributed by atoms with Crippen molar-refractivity contribution < 1.29 is 9.59 Å². The summed E-state index contributed by atoms with van der Waals surface area (Å²) in [5, 5.41) is 14.8. The first-order chi connectivity index (χ1) is 15.6. The van der Waals surface area contributed by atoms with Gasteiger partial charge in [-0.3, -0.25) is 0 Å². The van der Waals surface area contributed by atoms with Crippen LogP contribution in [0.15, 0.2) is 55.4 Å². The normalized spacial score (nSPS) is 14.8. The summed E-state index contributed by atoms with van der Waals surface area (Å²) in [5.74, 6) is -0.397. The summed E-state index contributed by atoms with van der Waals surface area (Å²) in [7, 11) is 0. The summed E-state index contributed by atoms with van der Waals surface area (Å²) in [6.07, 6.45) is 5.32. The fourth-order valence-corrected chi connectivity index (χ4v) is 5.89. The number of carbonyl (C=O) groups is 2. The Kier molecular flexibility index (Phi) is 7.28. The number of nitrogens with one attached hydrogen (secondary N) is 2. The molecular formula is C24H23InN5O2. The number of amides is 2. The third-order valence-electron chi connectivity index (χ3n) is 5.54. The maximum absolute atomic E-state index is 12.9. The zero-order valence-corrected chi connectivity index (χ0v) is 21.0. The summed E-state index contributed by atoms with van der Waals surface area (Å²) < 4.78 is 6.39. The van der Waals surface area contributed by atoms with Crippen LogP contribution < -0.4 is 15.5 Å². The molecule has 2 aliphatic heterocycles. The maximum atomic E-state index is 12.9. The zero-order chi connectivity index (χ0) is 22.3. The molecule has 0 aliphatic carbocycles. The number of piperidine rings is 1. The molecule has 0 saturated carbocycles. The van der Waals surface area contributed by atoms with E-state index < -0.39 is 23.2 Å². The second-order valence-electron chi connectivity index (χ2n) is 7.74. The topological polar surface area (TPSA) is 97.6 Å². The van der Waals surface area contributed by atoms with Crippen molar-refractivity contribution in [3.63, 3.8) is 0 Å². The van der Waals surface area contributed by atoms with Crippen molar-refractivity contribution in [2.75, 3.05) is 23.3 Å². The first-order valence-corrected chi connectivity index (χ1v) is 14.1. The summed E-state index contributed by atoms with van der Waals surface area (Å²) in [5.41, 5.74) is 4.17. The van der Waals surface area contributed by atoms with E-state index in [-0.39, 0.29) is 11.8 Å². The van der Waals surface area contributed by atoms with E-state index in [0.29, 0.717) is 29.1 Å². The van der Waals surface area contributed by atoms with Crippen LogP contribution in [0.3, 0.4) is 0 Å². The number of carbonyl (C=O) groups excluding carboxylic acids is 2. The van der Waals surface area contributed by atoms with Crippen LogP contribution >= 0.6 is 0 Å². The number of nitriles is 1. The monoisotopic (exact) mass is 528 g/mol. The van der Waals surface area contributed by atoms with E-state index in [0.717, 1.165) is 37.2 Å². The van der Waals surface area contributed by atoms with Crippen molar-refractivity contribution in [2.24, 2.45) is 2.98 Å². The summed E-state index contributed by atoms with van der Waals surface area (Å²) in [6, 6.07) is 14.5. The van der Waals surface area contributed by atoms with Gasteiger partial charge in [-0.25, -0.2) is 0 Å². The Hall–Kier alpha value is -3.05. The van der Waals surface area contributed by atoms with Crippen LogP contribution in [0.1, 0.15) is 40.7 Å². The first-order valence-electron chi connectivity index (χ1n) is 10.7. The van der Waals surface area contributed by atoms with Crippen molar-refractivity contribution >= 4 is 52.1 Å². The minimum Gasteiger partial charge on any atom is -0.0423 e. The number of rotatable bonds is 6. The van der Waals surface area contributed by atoms with Gasteiger partial charge >= 0.3 is 170 Å². The molecule has 4 rings (SSSR count). The molecule has 2 aromatic rings. The fraction of sp³-hybridized carbons (Fsp3) is 0.250. The molecule has 1 fully saturated rings. The molecule has 2 heterocycles. The molecule has 1 saturated heterocycles. The molecule has 8 heteroatoms. The summed E-state index contributed by atoms with van der Waals surface area (Å²) in [4.78, 5) is 27.6. The molecule has 1 radical (unpaired) electrons. The van der Waals surface area contributed by atoms with Gasteiger partial charge in [-0.1, -0.05) is 0 Å². The predicted octanol–water partition coefficient (Wildman–Crippen LogP) is 3.00. The molecule has 0 bridgehead atoms. The van der Waals surface area contributed by atoms with Crippen LogP contribution in [0.4, 0.5) is 11.4 Å². The minimum atomic E-state index is -1.06. The fourth-order valence-electron chi connectivity index (χ4n) is 3.84. The van der Waals surface area contributed by atoms with Crippen LogP contribution in [0, 0.1) is 11.3 Å². The van der Waals surface area contributed by atoms with Gasteiger partial charge in [0.1, 0.15) is 0 Å². The van der Waals surface area contributed by atoms with Crippen molar-refractivity contribution in [1.82, 2.24) is 5.32 Å². The standard InChI is InChI=1S/C24H23N5O2.In/c1-2-21(26)24(31)27-16-19-14-18(8-11-22(19)29-12-4-3-5-13-29)23(30)28-20-9-6-17(15-25)7-10-20;/h1-2,6-11,14H,3-5,12-13,16H2,(H,27,31)(H,28,30);/q-1;+1. The first kappa shape index (κ1) is 22.2. The second-order valence-corrected chi connectivity index (χ2v) is 10.4. The second kappa shape index (κ2) is 10.5. The Morgan fingerprint density at radius 1 is 1.06 bits per heavy atom. The van der Waals surface area contributed by atoms with Crippen LogP contribution in [-0.4, -0.2) is 53.8 Å². The number of anilines is 2. The molecule has 2 aliphatic rings. The van der Waals surface area contributed by atoms with Crippen LogP contribution in [0.5, 0.6) is 0 Å². The average Bonchev–Trinajstić information content (AvgIpc) is 3.38. The molecule has 2 amide bonds. The molecule has 2 aromatic carbocycles. The van der Waals surface area contributed by atoms with Gasteiger partial charge in [0, 0.05) is 0 Å². The van der Waals surface area contributed by atoms with Gasteiger partial charge in [0.15, 0.2) is 0 Å². The Bertz CT molecular complexity index is 1110.